The van der Waals surface area contributed by atoms with E-state index in [1.165, 1.54) is 10.6 Å². The molecule has 1 N–H and O–H groups in total. The molecule has 1 aliphatic rings. The van der Waals surface area contributed by atoms with Gasteiger partial charge in [0.2, 0.25) is 10.0 Å². The fourth-order valence-electron chi connectivity index (χ4n) is 3.01. The van der Waals surface area contributed by atoms with Crippen molar-refractivity contribution in [2.45, 2.75) is 12.8 Å². The Labute approximate surface area is 164 Å². The van der Waals surface area contributed by atoms with Gasteiger partial charge in [-0.3, -0.25) is 9.10 Å². The van der Waals surface area contributed by atoms with Gasteiger partial charge in [-0.25, -0.2) is 8.42 Å². The molecule has 2 aromatic rings. The highest BCUT2D eigenvalue weighted by Gasteiger charge is 2.24. The minimum atomic E-state index is -3.31. The molecule has 0 spiro atoms. The Hall–Kier alpha value is -2.25. The van der Waals surface area contributed by atoms with Gasteiger partial charge in [-0.05, 0) is 60.9 Å². The average Bonchev–Trinajstić information content (AvgIpc) is 2.64. The van der Waals surface area contributed by atoms with Crippen molar-refractivity contribution in [3.63, 3.8) is 0 Å². The Morgan fingerprint density at radius 3 is 2.67 bits per heavy atom. The number of hydrogen-bond donors (Lipinski definition) is 1. The summed E-state index contributed by atoms with van der Waals surface area (Å²) in [7, 11) is -3.31. The van der Waals surface area contributed by atoms with Crippen LogP contribution < -0.4 is 14.4 Å². The van der Waals surface area contributed by atoms with E-state index in [-0.39, 0.29) is 5.91 Å². The molecule has 0 saturated carbocycles. The largest absolute Gasteiger partial charge is 0.492 e. The number of ether oxygens (including phenoxy) is 1. The molecule has 6 nitrogen and oxygen atoms in total. The molecule has 0 aromatic heterocycles. The third-order valence-electron chi connectivity index (χ3n) is 4.29. The quantitative estimate of drug-likeness (QED) is 0.746. The number of sulfonamides is 1. The molecule has 0 saturated heterocycles. The van der Waals surface area contributed by atoms with Gasteiger partial charge in [0.15, 0.2) is 0 Å². The third kappa shape index (κ3) is 4.93. The highest BCUT2D eigenvalue weighted by Crippen LogP contribution is 2.29. The van der Waals surface area contributed by atoms with Gasteiger partial charge >= 0.3 is 0 Å². The van der Waals surface area contributed by atoms with E-state index in [1.54, 1.807) is 42.5 Å². The first kappa shape index (κ1) is 19.5. The van der Waals surface area contributed by atoms with Crippen LogP contribution in [0.1, 0.15) is 22.3 Å². The van der Waals surface area contributed by atoms with Crippen molar-refractivity contribution in [3.8, 4) is 5.75 Å². The van der Waals surface area contributed by atoms with E-state index in [9.17, 15) is 13.2 Å². The van der Waals surface area contributed by atoms with E-state index >= 15 is 0 Å². The maximum atomic E-state index is 12.3. The lowest BCUT2D eigenvalue weighted by Gasteiger charge is -2.29. The summed E-state index contributed by atoms with van der Waals surface area (Å²) in [6.45, 7) is 1.16. The lowest BCUT2D eigenvalue weighted by atomic mass is 10.0. The molecular weight excluding hydrogens is 388 g/mol. The summed E-state index contributed by atoms with van der Waals surface area (Å²) in [5, 5.41) is 3.44. The summed E-state index contributed by atoms with van der Waals surface area (Å²) < 4.78 is 30.7. The molecule has 27 heavy (non-hydrogen) atoms. The van der Waals surface area contributed by atoms with Gasteiger partial charge in [0.25, 0.3) is 5.91 Å². The second kappa shape index (κ2) is 8.19. The van der Waals surface area contributed by atoms with Crippen molar-refractivity contribution in [1.29, 1.82) is 0 Å². The lowest BCUT2D eigenvalue weighted by Crippen LogP contribution is -2.35. The number of carbonyl (C=O) groups is 1. The van der Waals surface area contributed by atoms with Crippen molar-refractivity contribution in [2.75, 3.05) is 30.3 Å². The highest BCUT2D eigenvalue weighted by atomic mass is 35.5. The molecular formula is C19H21ClN2O4S. The molecule has 144 valence electrons. The number of benzene rings is 2. The zero-order chi connectivity index (χ0) is 19.4. The van der Waals surface area contributed by atoms with Crippen LogP contribution in [0.15, 0.2) is 42.5 Å². The first-order valence-corrected chi connectivity index (χ1v) is 10.8. The number of carbonyl (C=O) groups excluding carboxylic acids is 1. The monoisotopic (exact) mass is 408 g/mol. The number of halogens is 1. The SMILES string of the molecule is CS(=O)(=O)N1CCCc2cc(C(=O)NCCOc3ccc(Cl)cc3)ccc21. The average molecular weight is 409 g/mol. The smallest absolute Gasteiger partial charge is 0.251 e. The molecule has 1 aliphatic heterocycles. The predicted octanol–water partition coefficient (Wildman–Crippen LogP) is 2.86. The van der Waals surface area contributed by atoms with Crippen LogP contribution in [0.25, 0.3) is 0 Å². The van der Waals surface area contributed by atoms with Crippen molar-refractivity contribution in [3.05, 3.63) is 58.6 Å². The molecule has 0 aliphatic carbocycles. The van der Waals surface area contributed by atoms with Crippen molar-refractivity contribution < 1.29 is 17.9 Å². The molecule has 2 aromatic carbocycles. The van der Waals surface area contributed by atoms with Crippen LogP contribution in [-0.2, 0) is 16.4 Å². The molecule has 0 fully saturated rings. The van der Waals surface area contributed by atoms with Crippen molar-refractivity contribution >= 4 is 33.2 Å². The fraction of sp³-hybridized carbons (Fsp3) is 0.316. The molecule has 8 heteroatoms. The van der Waals surface area contributed by atoms with Gasteiger partial charge < -0.3 is 10.1 Å². The third-order valence-corrected chi connectivity index (χ3v) is 5.72. The Morgan fingerprint density at radius 1 is 1.22 bits per heavy atom. The van der Waals surface area contributed by atoms with E-state index in [1.807, 2.05) is 0 Å². The maximum absolute atomic E-state index is 12.3. The number of amides is 1. The molecule has 1 heterocycles. The minimum Gasteiger partial charge on any atom is -0.492 e. The Bertz CT molecular complexity index is 929. The van der Waals surface area contributed by atoms with Gasteiger partial charge in [-0.15, -0.1) is 0 Å². The summed E-state index contributed by atoms with van der Waals surface area (Å²) >= 11 is 5.82. The van der Waals surface area contributed by atoms with Crippen LogP contribution in [-0.4, -0.2) is 40.3 Å². The topological polar surface area (TPSA) is 75.7 Å². The van der Waals surface area contributed by atoms with Gasteiger partial charge in [-0.1, -0.05) is 11.6 Å². The number of hydrogen-bond acceptors (Lipinski definition) is 4. The second-order valence-corrected chi connectivity index (χ2v) is 8.68. The summed E-state index contributed by atoms with van der Waals surface area (Å²) in [5.41, 5.74) is 2.04. The van der Waals surface area contributed by atoms with Crippen LogP contribution in [0.4, 0.5) is 5.69 Å². The summed E-state index contributed by atoms with van der Waals surface area (Å²) in [6, 6.07) is 12.1. The Morgan fingerprint density at radius 2 is 1.96 bits per heavy atom. The second-order valence-electron chi connectivity index (χ2n) is 6.34. The Balaban J connectivity index is 1.58. The zero-order valence-corrected chi connectivity index (χ0v) is 16.5. The first-order valence-electron chi connectivity index (χ1n) is 8.62. The van der Waals surface area contributed by atoms with Crippen molar-refractivity contribution in [1.82, 2.24) is 5.32 Å². The van der Waals surface area contributed by atoms with Crippen molar-refractivity contribution in [2.24, 2.45) is 0 Å². The van der Waals surface area contributed by atoms with E-state index in [0.29, 0.717) is 41.7 Å². The number of nitrogens with zero attached hydrogens (tertiary/aromatic N) is 1. The molecule has 3 rings (SSSR count). The number of rotatable bonds is 6. The Kier molecular flexibility index (Phi) is 5.92. The lowest BCUT2D eigenvalue weighted by molar-refractivity contribution is 0.0947. The molecule has 0 bridgehead atoms. The van der Waals surface area contributed by atoms with Gasteiger partial charge in [0, 0.05) is 17.1 Å². The summed E-state index contributed by atoms with van der Waals surface area (Å²) in [6.07, 6.45) is 2.69. The summed E-state index contributed by atoms with van der Waals surface area (Å²) in [4.78, 5) is 12.3. The molecule has 1 amide bonds. The molecule has 0 atom stereocenters. The van der Waals surface area contributed by atoms with E-state index in [2.05, 4.69) is 5.32 Å². The van der Waals surface area contributed by atoms with E-state index < -0.39 is 10.0 Å². The van der Waals surface area contributed by atoms with Crippen LogP contribution >= 0.6 is 11.6 Å². The predicted molar refractivity (Wildman–Crippen MR) is 106 cm³/mol. The van der Waals surface area contributed by atoms with Gasteiger partial charge in [-0.2, -0.15) is 0 Å². The van der Waals surface area contributed by atoms with Crippen LogP contribution in [0.2, 0.25) is 5.02 Å². The standard InChI is InChI=1S/C19H21ClN2O4S/c1-27(24,25)22-11-2-3-14-13-15(4-9-18(14)22)19(23)21-10-12-26-17-7-5-16(20)6-8-17/h4-9,13H,2-3,10-12H2,1H3,(H,21,23). The van der Waals surface area contributed by atoms with Gasteiger partial charge in [0.05, 0.1) is 18.5 Å². The van der Waals surface area contributed by atoms with Crippen LogP contribution in [0.3, 0.4) is 0 Å². The number of fused-ring (bicyclic) bond motifs is 1. The van der Waals surface area contributed by atoms with E-state index in [0.717, 1.165) is 18.4 Å². The minimum absolute atomic E-state index is 0.214. The highest BCUT2D eigenvalue weighted by molar-refractivity contribution is 7.92. The zero-order valence-electron chi connectivity index (χ0n) is 14.9. The molecule has 0 radical (unpaired) electrons. The normalized spacial score (nSPS) is 13.8. The van der Waals surface area contributed by atoms with E-state index in [4.69, 9.17) is 16.3 Å². The van der Waals surface area contributed by atoms with Crippen LogP contribution in [0.5, 0.6) is 5.75 Å². The van der Waals surface area contributed by atoms with Gasteiger partial charge in [0.1, 0.15) is 12.4 Å². The molecule has 0 unspecified atom stereocenters. The van der Waals surface area contributed by atoms with Crippen LogP contribution in [0, 0.1) is 0 Å². The fourth-order valence-corrected chi connectivity index (χ4v) is 4.14. The number of aryl methyl sites for hydroxylation is 1. The maximum Gasteiger partial charge on any atom is 0.251 e. The summed E-state index contributed by atoms with van der Waals surface area (Å²) in [5.74, 6) is 0.470. The number of anilines is 1. The number of nitrogens with one attached hydrogen (secondary N) is 1. The first-order chi connectivity index (χ1) is 12.8.